The maximum absolute atomic E-state index is 12.6. The van der Waals surface area contributed by atoms with E-state index in [1.54, 1.807) is 30.3 Å². The number of amides is 2. The number of carbonyl (C=O) groups is 2. The highest BCUT2D eigenvalue weighted by molar-refractivity contribution is 6.06. The third-order valence-corrected chi connectivity index (χ3v) is 4.29. The lowest BCUT2D eigenvalue weighted by atomic mass is 10.1. The third kappa shape index (κ3) is 4.26. The van der Waals surface area contributed by atoms with E-state index in [1.165, 1.54) is 0 Å². The quantitative estimate of drug-likeness (QED) is 0.660. The number of hydrogen-bond donors (Lipinski definition) is 2. The van der Waals surface area contributed by atoms with Gasteiger partial charge >= 0.3 is 0 Å². The molecule has 0 fully saturated rings. The van der Waals surface area contributed by atoms with Crippen molar-refractivity contribution in [3.8, 4) is 0 Å². The summed E-state index contributed by atoms with van der Waals surface area (Å²) in [6, 6.07) is 16.8. The molecule has 2 amide bonds. The van der Waals surface area contributed by atoms with E-state index in [0.717, 1.165) is 22.9 Å². The monoisotopic (exact) mass is 361 g/mol. The molecule has 0 saturated heterocycles. The van der Waals surface area contributed by atoms with Crippen molar-refractivity contribution >= 4 is 28.8 Å². The minimum atomic E-state index is -0.311. The first-order valence-corrected chi connectivity index (χ1v) is 9.00. The second-order valence-corrected chi connectivity index (χ2v) is 6.35. The van der Waals surface area contributed by atoms with Crippen LogP contribution in [0.2, 0.25) is 0 Å². The van der Waals surface area contributed by atoms with E-state index in [-0.39, 0.29) is 17.5 Å². The second kappa shape index (κ2) is 8.36. The summed E-state index contributed by atoms with van der Waals surface area (Å²) >= 11 is 0. The highest BCUT2D eigenvalue weighted by Gasteiger charge is 2.15. The molecule has 0 bridgehead atoms. The molecule has 0 aliphatic heterocycles. The summed E-state index contributed by atoms with van der Waals surface area (Å²) in [5, 5.41) is 6.62. The second-order valence-electron chi connectivity index (χ2n) is 6.35. The summed E-state index contributed by atoms with van der Waals surface area (Å²) in [5.41, 5.74) is 2.67. The van der Waals surface area contributed by atoms with E-state index in [2.05, 4.69) is 10.6 Å². The number of fused-ring (bicyclic) bond motifs is 1. The van der Waals surface area contributed by atoms with Gasteiger partial charge in [0.1, 0.15) is 5.70 Å². The molecule has 3 aromatic rings. The van der Waals surface area contributed by atoms with Crippen LogP contribution in [-0.2, 0) is 11.8 Å². The molecule has 0 spiro atoms. The molecule has 0 aliphatic rings. The zero-order chi connectivity index (χ0) is 19.2. The van der Waals surface area contributed by atoms with Crippen LogP contribution >= 0.6 is 0 Å². The fourth-order valence-corrected chi connectivity index (χ4v) is 2.92. The minimum absolute atomic E-state index is 0.230. The first kappa shape index (κ1) is 18.5. The van der Waals surface area contributed by atoms with Gasteiger partial charge in [0.05, 0.1) is 0 Å². The molecular weight excluding hydrogens is 338 g/mol. The Kier molecular flexibility index (Phi) is 5.71. The summed E-state index contributed by atoms with van der Waals surface area (Å²) in [5.74, 6) is -0.609. The standard InChI is InChI=1S/C22H23N3O2/c1-3-13-23-22(27)19(24-21(26)16-9-5-4-6-10-16)14-17-15-25(2)20-12-8-7-11-18(17)20/h4-12,14-15H,3,13H2,1-2H3,(H,23,27)(H,24,26)/b19-14-. The van der Waals surface area contributed by atoms with Crippen LogP contribution in [-0.4, -0.2) is 22.9 Å². The third-order valence-electron chi connectivity index (χ3n) is 4.29. The summed E-state index contributed by atoms with van der Waals surface area (Å²) in [7, 11) is 1.96. The first-order chi connectivity index (χ1) is 13.1. The predicted octanol–water partition coefficient (Wildman–Crippen LogP) is 3.48. The molecule has 0 unspecified atom stereocenters. The molecule has 27 heavy (non-hydrogen) atoms. The zero-order valence-electron chi connectivity index (χ0n) is 15.5. The minimum Gasteiger partial charge on any atom is -0.351 e. The first-order valence-electron chi connectivity index (χ1n) is 9.00. The van der Waals surface area contributed by atoms with E-state index in [0.29, 0.717) is 12.1 Å². The maximum Gasteiger partial charge on any atom is 0.267 e. The molecule has 3 rings (SSSR count). The van der Waals surface area contributed by atoms with Gasteiger partial charge in [-0.05, 0) is 30.7 Å². The van der Waals surface area contributed by atoms with Crippen molar-refractivity contribution in [2.75, 3.05) is 6.54 Å². The molecule has 0 atom stereocenters. The summed E-state index contributed by atoms with van der Waals surface area (Å²) in [4.78, 5) is 25.2. The number of nitrogens with zero attached hydrogens (tertiary/aromatic N) is 1. The van der Waals surface area contributed by atoms with Crippen molar-refractivity contribution in [2.24, 2.45) is 7.05 Å². The van der Waals surface area contributed by atoms with Crippen molar-refractivity contribution < 1.29 is 9.59 Å². The van der Waals surface area contributed by atoms with Gasteiger partial charge in [-0.15, -0.1) is 0 Å². The van der Waals surface area contributed by atoms with E-state index in [1.807, 2.05) is 55.1 Å². The topological polar surface area (TPSA) is 63.1 Å². The predicted molar refractivity (Wildman–Crippen MR) is 108 cm³/mol. The highest BCUT2D eigenvalue weighted by Crippen LogP contribution is 2.22. The fourth-order valence-electron chi connectivity index (χ4n) is 2.92. The van der Waals surface area contributed by atoms with Crippen LogP contribution in [0.25, 0.3) is 17.0 Å². The molecule has 0 aliphatic carbocycles. The molecule has 0 radical (unpaired) electrons. The van der Waals surface area contributed by atoms with E-state index >= 15 is 0 Å². The van der Waals surface area contributed by atoms with Crippen molar-refractivity contribution in [3.63, 3.8) is 0 Å². The highest BCUT2D eigenvalue weighted by atomic mass is 16.2. The Bertz CT molecular complexity index is 987. The van der Waals surface area contributed by atoms with Crippen molar-refractivity contribution in [1.82, 2.24) is 15.2 Å². The van der Waals surface area contributed by atoms with Crippen LogP contribution in [0.4, 0.5) is 0 Å². The molecule has 5 nitrogen and oxygen atoms in total. The number of aromatic nitrogens is 1. The average Bonchev–Trinajstić information content (AvgIpc) is 3.02. The number of rotatable bonds is 6. The number of carbonyl (C=O) groups excluding carboxylic acids is 2. The van der Waals surface area contributed by atoms with Crippen LogP contribution in [0.5, 0.6) is 0 Å². The maximum atomic E-state index is 12.6. The van der Waals surface area contributed by atoms with Gasteiger partial charge in [0.15, 0.2) is 0 Å². The van der Waals surface area contributed by atoms with Crippen LogP contribution in [0.1, 0.15) is 29.3 Å². The Labute approximate surface area is 158 Å². The fraction of sp³-hybridized carbons (Fsp3) is 0.182. The molecule has 2 N–H and O–H groups in total. The SMILES string of the molecule is CCCNC(=O)/C(=C/c1cn(C)c2ccccc12)NC(=O)c1ccccc1. The summed E-state index contributed by atoms with van der Waals surface area (Å²) in [6.07, 6.45) is 4.50. The van der Waals surface area contributed by atoms with E-state index < -0.39 is 0 Å². The smallest absolute Gasteiger partial charge is 0.267 e. The number of benzene rings is 2. The number of nitrogens with one attached hydrogen (secondary N) is 2. The largest absolute Gasteiger partial charge is 0.351 e. The van der Waals surface area contributed by atoms with Crippen LogP contribution in [0, 0.1) is 0 Å². The van der Waals surface area contributed by atoms with E-state index in [9.17, 15) is 9.59 Å². The molecule has 1 aromatic heterocycles. The van der Waals surface area contributed by atoms with Crippen LogP contribution in [0.3, 0.4) is 0 Å². The lowest BCUT2D eigenvalue weighted by Crippen LogP contribution is -2.35. The van der Waals surface area contributed by atoms with Gasteiger partial charge in [-0.2, -0.15) is 0 Å². The normalized spacial score (nSPS) is 11.4. The van der Waals surface area contributed by atoms with Gasteiger partial charge in [0.2, 0.25) is 0 Å². The number of aryl methyl sites for hydroxylation is 1. The Morgan fingerprint density at radius 1 is 1.04 bits per heavy atom. The molecule has 5 heteroatoms. The van der Waals surface area contributed by atoms with E-state index in [4.69, 9.17) is 0 Å². The van der Waals surface area contributed by atoms with Gasteiger partial charge in [-0.25, -0.2) is 0 Å². The summed E-state index contributed by atoms with van der Waals surface area (Å²) in [6.45, 7) is 2.53. The van der Waals surface area contributed by atoms with Crippen LogP contribution < -0.4 is 10.6 Å². The summed E-state index contributed by atoms with van der Waals surface area (Å²) < 4.78 is 2.00. The zero-order valence-corrected chi connectivity index (χ0v) is 15.5. The number of para-hydroxylation sites is 1. The molecule has 1 heterocycles. The van der Waals surface area contributed by atoms with Gasteiger partial charge in [0.25, 0.3) is 11.8 Å². The van der Waals surface area contributed by atoms with Crippen molar-refractivity contribution in [2.45, 2.75) is 13.3 Å². The Morgan fingerprint density at radius 3 is 2.48 bits per heavy atom. The lowest BCUT2D eigenvalue weighted by molar-refractivity contribution is -0.117. The van der Waals surface area contributed by atoms with Crippen molar-refractivity contribution in [1.29, 1.82) is 0 Å². The van der Waals surface area contributed by atoms with Crippen LogP contribution in [0.15, 0.2) is 66.5 Å². The van der Waals surface area contributed by atoms with Gasteiger partial charge in [-0.3, -0.25) is 9.59 Å². The molecule has 2 aromatic carbocycles. The Hall–Kier alpha value is -3.34. The Morgan fingerprint density at radius 2 is 1.74 bits per heavy atom. The molecule has 0 saturated carbocycles. The molecular formula is C22H23N3O2. The van der Waals surface area contributed by atoms with Crippen molar-refractivity contribution in [3.05, 3.63) is 77.6 Å². The average molecular weight is 361 g/mol. The lowest BCUT2D eigenvalue weighted by Gasteiger charge is -2.10. The Balaban J connectivity index is 1.97. The number of hydrogen-bond acceptors (Lipinski definition) is 2. The van der Waals surface area contributed by atoms with Gasteiger partial charge < -0.3 is 15.2 Å². The van der Waals surface area contributed by atoms with Gasteiger partial charge in [0, 0.05) is 41.8 Å². The van der Waals surface area contributed by atoms with Gasteiger partial charge in [-0.1, -0.05) is 43.3 Å². The molecule has 138 valence electrons.